The number of hydrogen-bond acceptors (Lipinski definition) is 3. The summed E-state index contributed by atoms with van der Waals surface area (Å²) in [4.78, 5) is 4.49. The Kier molecular flexibility index (Phi) is 3.56. The lowest BCUT2D eigenvalue weighted by Gasteiger charge is -2.56. The van der Waals surface area contributed by atoms with E-state index in [0.29, 0.717) is 5.41 Å². The summed E-state index contributed by atoms with van der Waals surface area (Å²) < 4.78 is 6.03. The normalized spacial score (nSPS) is 37.3. The molecule has 0 saturated heterocycles. The minimum absolute atomic E-state index is 0.566. The largest absolute Gasteiger partial charge is 0.446 e. The van der Waals surface area contributed by atoms with Gasteiger partial charge in [0.1, 0.15) is 5.76 Å². The summed E-state index contributed by atoms with van der Waals surface area (Å²) in [5.41, 5.74) is 0.566. The molecule has 0 radical (unpaired) electrons. The SMILES string of the molecule is CNCCCc1ncc(CC23CC4CC(CC(C4)C2)C3)o1. The number of nitrogens with zero attached hydrogens (tertiary/aromatic N) is 1. The molecule has 0 atom stereocenters. The van der Waals surface area contributed by atoms with Crippen LogP contribution in [-0.2, 0) is 12.8 Å². The first kappa shape index (κ1) is 13.8. The Morgan fingerprint density at radius 1 is 1.19 bits per heavy atom. The second-order valence-electron chi connectivity index (χ2n) is 8.02. The highest BCUT2D eigenvalue weighted by atomic mass is 16.4. The summed E-state index contributed by atoms with van der Waals surface area (Å²) in [7, 11) is 1.99. The van der Waals surface area contributed by atoms with Crippen LogP contribution >= 0.6 is 0 Å². The molecule has 0 unspecified atom stereocenters. The Morgan fingerprint density at radius 3 is 2.48 bits per heavy atom. The first-order chi connectivity index (χ1) is 10.2. The molecule has 116 valence electrons. The molecule has 1 aromatic rings. The standard InChI is InChI=1S/C18H28N2O/c1-19-4-2-3-17-20-12-16(21-17)11-18-8-13-5-14(9-18)7-15(6-13)10-18/h12-15,19H,2-11H2,1H3. The van der Waals surface area contributed by atoms with Crippen molar-refractivity contribution in [2.75, 3.05) is 13.6 Å². The summed E-state index contributed by atoms with van der Waals surface area (Å²) in [5, 5.41) is 3.18. The lowest BCUT2D eigenvalue weighted by Crippen LogP contribution is -2.46. The lowest BCUT2D eigenvalue weighted by atomic mass is 9.49. The highest BCUT2D eigenvalue weighted by molar-refractivity contribution is 5.07. The van der Waals surface area contributed by atoms with Gasteiger partial charge in [0.2, 0.25) is 0 Å². The van der Waals surface area contributed by atoms with Crippen molar-refractivity contribution in [3.8, 4) is 0 Å². The van der Waals surface area contributed by atoms with Gasteiger partial charge in [-0.2, -0.15) is 0 Å². The van der Waals surface area contributed by atoms with Crippen LogP contribution in [-0.4, -0.2) is 18.6 Å². The van der Waals surface area contributed by atoms with Gasteiger partial charge in [0.25, 0.3) is 0 Å². The van der Waals surface area contributed by atoms with E-state index >= 15 is 0 Å². The molecule has 1 heterocycles. The van der Waals surface area contributed by atoms with Crippen LogP contribution in [0, 0.1) is 23.2 Å². The third kappa shape index (κ3) is 2.77. The van der Waals surface area contributed by atoms with E-state index in [4.69, 9.17) is 4.42 Å². The Bertz CT molecular complexity index is 458. The first-order valence-electron chi connectivity index (χ1n) is 8.83. The number of aromatic nitrogens is 1. The zero-order valence-corrected chi connectivity index (χ0v) is 13.2. The highest BCUT2D eigenvalue weighted by Crippen LogP contribution is 2.61. The average molecular weight is 288 g/mol. The Hall–Kier alpha value is -0.830. The molecule has 3 heteroatoms. The average Bonchev–Trinajstić information content (AvgIpc) is 2.84. The fraction of sp³-hybridized carbons (Fsp3) is 0.833. The van der Waals surface area contributed by atoms with Gasteiger partial charge in [0, 0.05) is 12.8 Å². The maximum atomic E-state index is 6.03. The van der Waals surface area contributed by atoms with Crippen molar-refractivity contribution < 1.29 is 4.42 Å². The molecule has 0 aromatic carbocycles. The van der Waals surface area contributed by atoms with Crippen molar-refractivity contribution in [2.45, 2.75) is 57.8 Å². The van der Waals surface area contributed by atoms with E-state index in [2.05, 4.69) is 10.3 Å². The Morgan fingerprint density at radius 2 is 1.86 bits per heavy atom. The number of rotatable bonds is 6. The minimum atomic E-state index is 0.566. The van der Waals surface area contributed by atoms with Crippen molar-refractivity contribution in [1.29, 1.82) is 0 Å². The smallest absolute Gasteiger partial charge is 0.194 e. The number of nitrogens with one attached hydrogen (secondary N) is 1. The van der Waals surface area contributed by atoms with Gasteiger partial charge in [0.15, 0.2) is 5.89 Å². The fourth-order valence-corrected chi connectivity index (χ4v) is 5.84. The quantitative estimate of drug-likeness (QED) is 0.813. The zero-order chi connectivity index (χ0) is 14.3. The van der Waals surface area contributed by atoms with Gasteiger partial charge in [0.05, 0.1) is 6.20 Å². The number of oxazole rings is 1. The van der Waals surface area contributed by atoms with E-state index in [-0.39, 0.29) is 0 Å². The highest BCUT2D eigenvalue weighted by Gasteiger charge is 2.51. The van der Waals surface area contributed by atoms with Crippen molar-refractivity contribution >= 4 is 0 Å². The summed E-state index contributed by atoms with van der Waals surface area (Å²) in [6.07, 6.45) is 14.1. The molecule has 4 aliphatic carbocycles. The van der Waals surface area contributed by atoms with E-state index in [1.165, 1.54) is 38.5 Å². The molecule has 1 N–H and O–H groups in total. The van der Waals surface area contributed by atoms with Gasteiger partial charge in [-0.25, -0.2) is 4.98 Å². The Balaban J connectivity index is 1.41. The summed E-state index contributed by atoms with van der Waals surface area (Å²) >= 11 is 0. The van der Waals surface area contributed by atoms with Crippen LogP contribution < -0.4 is 5.32 Å². The second-order valence-corrected chi connectivity index (χ2v) is 8.02. The molecule has 21 heavy (non-hydrogen) atoms. The maximum absolute atomic E-state index is 6.03. The van der Waals surface area contributed by atoms with Gasteiger partial charge >= 0.3 is 0 Å². The predicted molar refractivity (Wildman–Crippen MR) is 83.1 cm³/mol. The monoisotopic (exact) mass is 288 g/mol. The molecule has 5 rings (SSSR count). The molecule has 4 aliphatic rings. The van der Waals surface area contributed by atoms with Crippen molar-refractivity contribution in [3.05, 3.63) is 17.8 Å². The first-order valence-corrected chi connectivity index (χ1v) is 8.83. The third-order valence-electron chi connectivity index (χ3n) is 6.13. The molecule has 0 spiro atoms. The van der Waals surface area contributed by atoms with Gasteiger partial charge in [-0.3, -0.25) is 0 Å². The molecule has 1 aromatic heterocycles. The third-order valence-corrected chi connectivity index (χ3v) is 6.13. The van der Waals surface area contributed by atoms with E-state index < -0.39 is 0 Å². The molecule has 4 saturated carbocycles. The summed E-state index contributed by atoms with van der Waals surface area (Å²) in [5.74, 6) is 5.15. The van der Waals surface area contributed by atoms with Crippen LogP contribution in [0.3, 0.4) is 0 Å². The fourth-order valence-electron chi connectivity index (χ4n) is 5.84. The number of hydrogen-bond donors (Lipinski definition) is 1. The van der Waals surface area contributed by atoms with Gasteiger partial charge in [-0.1, -0.05) is 0 Å². The molecule has 4 fully saturated rings. The van der Waals surface area contributed by atoms with Crippen molar-refractivity contribution in [2.24, 2.45) is 23.2 Å². The molecular formula is C18H28N2O. The van der Waals surface area contributed by atoms with E-state index in [1.54, 1.807) is 0 Å². The molecule has 4 bridgehead atoms. The minimum Gasteiger partial charge on any atom is -0.446 e. The molecule has 3 nitrogen and oxygen atoms in total. The topological polar surface area (TPSA) is 38.1 Å². The van der Waals surface area contributed by atoms with Crippen LogP contribution in [0.25, 0.3) is 0 Å². The van der Waals surface area contributed by atoms with E-state index in [9.17, 15) is 0 Å². The lowest BCUT2D eigenvalue weighted by molar-refractivity contribution is -0.0545. The Labute approximate surface area is 127 Å². The molecule has 0 amide bonds. The summed E-state index contributed by atoms with van der Waals surface area (Å²) in [6.45, 7) is 1.03. The van der Waals surface area contributed by atoms with Crippen molar-refractivity contribution in [3.63, 3.8) is 0 Å². The van der Waals surface area contributed by atoms with Crippen molar-refractivity contribution in [1.82, 2.24) is 10.3 Å². The molecular weight excluding hydrogens is 260 g/mol. The van der Waals surface area contributed by atoms with Gasteiger partial charge in [-0.15, -0.1) is 0 Å². The zero-order valence-electron chi connectivity index (χ0n) is 13.2. The van der Waals surface area contributed by atoms with E-state index in [1.807, 2.05) is 13.2 Å². The van der Waals surface area contributed by atoms with Crippen LogP contribution in [0.4, 0.5) is 0 Å². The van der Waals surface area contributed by atoms with Crippen LogP contribution in [0.15, 0.2) is 10.6 Å². The van der Waals surface area contributed by atoms with Crippen LogP contribution in [0.5, 0.6) is 0 Å². The van der Waals surface area contributed by atoms with Gasteiger partial charge < -0.3 is 9.73 Å². The maximum Gasteiger partial charge on any atom is 0.194 e. The summed E-state index contributed by atoms with van der Waals surface area (Å²) in [6, 6.07) is 0. The number of aryl methyl sites for hydroxylation is 1. The molecule has 0 aliphatic heterocycles. The second kappa shape index (κ2) is 5.42. The van der Waals surface area contributed by atoms with Crippen LogP contribution in [0.1, 0.15) is 56.6 Å². The predicted octanol–water partition coefficient (Wildman–Crippen LogP) is 3.59. The van der Waals surface area contributed by atoms with Crippen LogP contribution in [0.2, 0.25) is 0 Å². The van der Waals surface area contributed by atoms with Gasteiger partial charge in [-0.05, 0) is 81.7 Å². The van der Waals surface area contributed by atoms with E-state index in [0.717, 1.165) is 55.2 Å².